The summed E-state index contributed by atoms with van der Waals surface area (Å²) >= 11 is 2.94. The van der Waals surface area contributed by atoms with E-state index in [1.54, 1.807) is 13.0 Å². The number of hydrazine groups is 1. The first-order valence-corrected chi connectivity index (χ1v) is 5.25. The van der Waals surface area contributed by atoms with Gasteiger partial charge in [0.25, 0.3) is 0 Å². The van der Waals surface area contributed by atoms with E-state index in [-0.39, 0.29) is 15.4 Å². The first-order chi connectivity index (χ1) is 7.54. The van der Waals surface area contributed by atoms with Crippen molar-refractivity contribution >= 4 is 32.5 Å². The second kappa shape index (κ2) is 3.95. The molecule has 0 bridgehead atoms. The summed E-state index contributed by atoms with van der Waals surface area (Å²) in [5.41, 5.74) is 3.17. The van der Waals surface area contributed by atoms with Crippen molar-refractivity contribution < 1.29 is 8.78 Å². The van der Waals surface area contributed by atoms with Gasteiger partial charge in [-0.1, -0.05) is 0 Å². The molecule has 84 valence electrons. The zero-order valence-electron chi connectivity index (χ0n) is 8.31. The molecule has 0 fully saturated rings. The first kappa shape index (κ1) is 11.2. The number of aromatic nitrogens is 1. The molecule has 3 N–H and O–H groups in total. The summed E-state index contributed by atoms with van der Waals surface area (Å²) in [6.45, 7) is 1.68. The predicted molar refractivity (Wildman–Crippen MR) is 61.9 cm³/mol. The standard InChI is InChI=1S/C10H8BrF2N3/c1-4-2-7(16-14)8-9(13)5(11)3-6(12)10(8)15-4/h2-3H,14H2,1H3,(H,15,16). The van der Waals surface area contributed by atoms with E-state index < -0.39 is 11.6 Å². The van der Waals surface area contributed by atoms with Gasteiger partial charge in [-0.3, -0.25) is 5.84 Å². The number of nitrogen functional groups attached to an aromatic ring is 1. The molecule has 2 aromatic rings. The molecule has 0 aliphatic heterocycles. The number of pyridine rings is 1. The van der Waals surface area contributed by atoms with Crippen LogP contribution in [-0.2, 0) is 0 Å². The Morgan fingerprint density at radius 1 is 1.38 bits per heavy atom. The Balaban J connectivity index is 2.99. The first-order valence-electron chi connectivity index (χ1n) is 4.46. The molecule has 0 aliphatic rings. The zero-order valence-corrected chi connectivity index (χ0v) is 9.90. The minimum atomic E-state index is -0.594. The van der Waals surface area contributed by atoms with Crippen molar-refractivity contribution in [1.82, 2.24) is 4.98 Å². The normalized spacial score (nSPS) is 10.8. The van der Waals surface area contributed by atoms with Gasteiger partial charge in [-0.05, 0) is 35.0 Å². The average Bonchev–Trinajstić information content (AvgIpc) is 2.25. The minimum Gasteiger partial charge on any atom is -0.323 e. The van der Waals surface area contributed by atoms with E-state index in [1.807, 2.05) is 0 Å². The number of nitrogens with two attached hydrogens (primary N) is 1. The molecule has 16 heavy (non-hydrogen) atoms. The molecule has 1 aromatic carbocycles. The van der Waals surface area contributed by atoms with Crippen molar-refractivity contribution in [2.75, 3.05) is 5.43 Å². The lowest BCUT2D eigenvalue weighted by atomic mass is 10.1. The minimum absolute atomic E-state index is 0.0337. The fourth-order valence-corrected chi connectivity index (χ4v) is 1.94. The Hall–Kier alpha value is -1.27. The Kier molecular flexibility index (Phi) is 2.77. The van der Waals surface area contributed by atoms with Crippen LogP contribution in [0.1, 0.15) is 5.69 Å². The molecule has 2 rings (SSSR count). The van der Waals surface area contributed by atoms with Crippen LogP contribution in [-0.4, -0.2) is 4.98 Å². The second-order valence-corrected chi connectivity index (χ2v) is 4.19. The fraction of sp³-hybridized carbons (Fsp3) is 0.100. The van der Waals surface area contributed by atoms with Crippen molar-refractivity contribution in [1.29, 1.82) is 0 Å². The summed E-state index contributed by atoms with van der Waals surface area (Å²) in [7, 11) is 0. The van der Waals surface area contributed by atoms with E-state index in [2.05, 4.69) is 26.3 Å². The van der Waals surface area contributed by atoms with Crippen LogP contribution in [0.25, 0.3) is 10.9 Å². The third-order valence-electron chi connectivity index (χ3n) is 2.21. The van der Waals surface area contributed by atoms with Gasteiger partial charge in [0.2, 0.25) is 0 Å². The topological polar surface area (TPSA) is 50.9 Å². The van der Waals surface area contributed by atoms with Crippen molar-refractivity contribution in [3.8, 4) is 0 Å². The predicted octanol–water partition coefficient (Wildman–Crippen LogP) is 2.87. The van der Waals surface area contributed by atoms with E-state index in [0.717, 1.165) is 6.07 Å². The molecule has 0 unspecified atom stereocenters. The zero-order chi connectivity index (χ0) is 11.9. The molecule has 0 saturated heterocycles. The number of hydrogen-bond acceptors (Lipinski definition) is 3. The highest BCUT2D eigenvalue weighted by atomic mass is 79.9. The van der Waals surface area contributed by atoms with Crippen molar-refractivity contribution in [3.05, 3.63) is 33.9 Å². The Bertz CT molecular complexity index is 572. The third kappa shape index (κ3) is 1.64. The molecule has 0 spiro atoms. The summed E-state index contributed by atoms with van der Waals surface area (Å²) in [6.07, 6.45) is 0. The van der Waals surface area contributed by atoms with Gasteiger partial charge in [-0.25, -0.2) is 13.8 Å². The number of benzene rings is 1. The van der Waals surface area contributed by atoms with Crippen molar-refractivity contribution in [3.63, 3.8) is 0 Å². The third-order valence-corrected chi connectivity index (χ3v) is 2.79. The van der Waals surface area contributed by atoms with Crippen LogP contribution < -0.4 is 11.3 Å². The van der Waals surface area contributed by atoms with Crippen LogP contribution in [0.4, 0.5) is 14.5 Å². The number of nitrogens with zero attached hydrogens (tertiary/aromatic N) is 1. The average molecular weight is 288 g/mol. The summed E-state index contributed by atoms with van der Waals surface area (Å²) in [5, 5.41) is 0.0416. The van der Waals surface area contributed by atoms with Crippen LogP contribution in [0, 0.1) is 18.6 Å². The van der Waals surface area contributed by atoms with E-state index in [4.69, 9.17) is 5.84 Å². The molecule has 0 radical (unpaired) electrons. The van der Waals surface area contributed by atoms with Gasteiger partial charge in [-0.15, -0.1) is 0 Å². The number of fused-ring (bicyclic) bond motifs is 1. The van der Waals surface area contributed by atoms with Gasteiger partial charge >= 0.3 is 0 Å². The number of rotatable bonds is 1. The molecule has 1 aromatic heterocycles. The molecule has 0 atom stereocenters. The maximum atomic E-state index is 13.8. The molecular weight excluding hydrogens is 280 g/mol. The largest absolute Gasteiger partial charge is 0.323 e. The smallest absolute Gasteiger partial charge is 0.150 e. The number of nitrogens with one attached hydrogen (secondary N) is 1. The van der Waals surface area contributed by atoms with E-state index in [0.29, 0.717) is 11.4 Å². The van der Waals surface area contributed by atoms with Gasteiger partial charge in [0.15, 0.2) is 5.82 Å². The van der Waals surface area contributed by atoms with E-state index in [1.165, 1.54) is 0 Å². The molecule has 0 amide bonds. The summed E-state index contributed by atoms with van der Waals surface area (Å²) in [4.78, 5) is 3.95. The van der Waals surface area contributed by atoms with Crippen LogP contribution in [0.5, 0.6) is 0 Å². The maximum absolute atomic E-state index is 13.8. The van der Waals surface area contributed by atoms with E-state index in [9.17, 15) is 8.78 Å². The van der Waals surface area contributed by atoms with Crippen LogP contribution >= 0.6 is 15.9 Å². The molecule has 6 heteroatoms. The lowest BCUT2D eigenvalue weighted by Crippen LogP contribution is -2.09. The quantitative estimate of drug-likeness (QED) is 0.482. The monoisotopic (exact) mass is 287 g/mol. The van der Waals surface area contributed by atoms with Crippen molar-refractivity contribution in [2.45, 2.75) is 6.92 Å². The highest BCUT2D eigenvalue weighted by Crippen LogP contribution is 2.31. The molecule has 0 saturated carbocycles. The summed E-state index contributed by atoms with van der Waals surface area (Å²) < 4.78 is 27.4. The Labute approximate surface area is 98.8 Å². The number of hydrogen-bond donors (Lipinski definition) is 2. The van der Waals surface area contributed by atoms with Gasteiger partial charge in [-0.2, -0.15) is 0 Å². The molecule has 1 heterocycles. The van der Waals surface area contributed by atoms with Crippen LogP contribution in [0.15, 0.2) is 16.6 Å². The maximum Gasteiger partial charge on any atom is 0.150 e. The van der Waals surface area contributed by atoms with Gasteiger partial charge < -0.3 is 5.43 Å². The van der Waals surface area contributed by atoms with Gasteiger partial charge in [0.05, 0.1) is 15.5 Å². The highest BCUT2D eigenvalue weighted by Gasteiger charge is 2.15. The van der Waals surface area contributed by atoms with Crippen molar-refractivity contribution in [2.24, 2.45) is 5.84 Å². The second-order valence-electron chi connectivity index (χ2n) is 3.33. The number of aryl methyl sites for hydroxylation is 1. The number of anilines is 1. The van der Waals surface area contributed by atoms with Crippen LogP contribution in [0.2, 0.25) is 0 Å². The SMILES string of the molecule is Cc1cc(NN)c2c(F)c(Br)cc(F)c2n1. The van der Waals surface area contributed by atoms with Gasteiger partial charge in [0, 0.05) is 5.69 Å². The van der Waals surface area contributed by atoms with Crippen LogP contribution in [0.3, 0.4) is 0 Å². The Morgan fingerprint density at radius 2 is 2.06 bits per heavy atom. The molecular formula is C10H8BrF2N3. The lowest BCUT2D eigenvalue weighted by Gasteiger charge is -2.09. The molecule has 3 nitrogen and oxygen atoms in total. The molecule has 0 aliphatic carbocycles. The summed E-state index contributed by atoms with van der Waals surface area (Å²) in [6, 6.07) is 2.60. The summed E-state index contributed by atoms with van der Waals surface area (Å²) in [5.74, 6) is 4.09. The van der Waals surface area contributed by atoms with E-state index >= 15 is 0 Å². The fourth-order valence-electron chi connectivity index (χ4n) is 1.54. The van der Waals surface area contributed by atoms with Gasteiger partial charge in [0.1, 0.15) is 11.3 Å². The Morgan fingerprint density at radius 3 is 2.69 bits per heavy atom. The highest BCUT2D eigenvalue weighted by molar-refractivity contribution is 9.10. The lowest BCUT2D eigenvalue weighted by molar-refractivity contribution is 0.610. The number of halogens is 3.